The van der Waals surface area contributed by atoms with Gasteiger partial charge in [-0.05, 0) is 49.2 Å². The molecule has 5 nitrogen and oxygen atoms in total. The van der Waals surface area contributed by atoms with Crippen molar-refractivity contribution >= 4 is 15.7 Å². The van der Waals surface area contributed by atoms with E-state index < -0.39 is 10.0 Å². The molecular weight excluding hydrogens is 348 g/mol. The van der Waals surface area contributed by atoms with E-state index in [1.165, 1.54) is 3.97 Å². The molecule has 1 N–H and O–H groups in total. The third-order valence-electron chi connectivity index (χ3n) is 4.27. The van der Waals surface area contributed by atoms with Crippen LogP contribution in [0.5, 0.6) is 0 Å². The van der Waals surface area contributed by atoms with Crippen molar-refractivity contribution in [3.05, 3.63) is 89.2 Å². The minimum Gasteiger partial charge on any atom is -0.411 e. The van der Waals surface area contributed by atoms with Crippen molar-refractivity contribution in [1.82, 2.24) is 3.97 Å². The maximum atomic E-state index is 12.8. The van der Waals surface area contributed by atoms with Crippen LogP contribution in [0.4, 0.5) is 0 Å². The molecule has 0 aliphatic heterocycles. The van der Waals surface area contributed by atoms with Crippen LogP contribution in [-0.4, -0.2) is 23.3 Å². The summed E-state index contributed by atoms with van der Waals surface area (Å²) in [6, 6.07) is 19.6. The largest absolute Gasteiger partial charge is 0.411 e. The van der Waals surface area contributed by atoms with Crippen molar-refractivity contribution in [2.45, 2.75) is 25.2 Å². The molecule has 26 heavy (non-hydrogen) atoms. The number of hydrogen-bond donors (Lipinski definition) is 1. The van der Waals surface area contributed by atoms with E-state index in [1.54, 1.807) is 50.2 Å². The Balaban J connectivity index is 1.87. The molecule has 6 heteroatoms. The molecule has 3 aromatic rings. The maximum Gasteiger partial charge on any atom is 0.268 e. The fourth-order valence-corrected chi connectivity index (χ4v) is 4.51. The third-order valence-corrected chi connectivity index (χ3v) is 6.19. The Morgan fingerprint density at radius 2 is 1.50 bits per heavy atom. The van der Waals surface area contributed by atoms with Crippen LogP contribution in [0.2, 0.25) is 0 Å². The molecule has 0 amide bonds. The highest BCUT2D eigenvalue weighted by Gasteiger charge is 2.20. The molecule has 0 saturated carbocycles. The van der Waals surface area contributed by atoms with E-state index in [9.17, 15) is 13.6 Å². The van der Waals surface area contributed by atoms with Crippen molar-refractivity contribution < 1.29 is 13.6 Å². The quantitative estimate of drug-likeness (QED) is 0.423. The summed E-state index contributed by atoms with van der Waals surface area (Å²) < 4.78 is 27.0. The smallest absolute Gasteiger partial charge is 0.268 e. The van der Waals surface area contributed by atoms with Crippen molar-refractivity contribution in [3.63, 3.8) is 0 Å². The summed E-state index contributed by atoms with van der Waals surface area (Å²) in [4.78, 5) is 0.228. The Bertz CT molecular complexity index is 1010. The summed E-state index contributed by atoms with van der Waals surface area (Å²) in [6.07, 6.45) is 0.405. The van der Waals surface area contributed by atoms with E-state index in [2.05, 4.69) is 5.16 Å². The normalized spacial score (nSPS) is 12.3. The number of nitrogens with zero attached hydrogens (tertiary/aromatic N) is 2. The monoisotopic (exact) mass is 368 g/mol. The molecular formula is C20H20N2O3S. The second-order valence-corrected chi connectivity index (χ2v) is 7.91. The minimum atomic E-state index is -3.62. The second-order valence-electron chi connectivity index (χ2n) is 6.12. The first kappa shape index (κ1) is 17.9. The zero-order valence-corrected chi connectivity index (χ0v) is 15.4. The number of benzene rings is 2. The van der Waals surface area contributed by atoms with Crippen LogP contribution in [-0.2, 0) is 16.4 Å². The van der Waals surface area contributed by atoms with Gasteiger partial charge in [0.15, 0.2) is 0 Å². The van der Waals surface area contributed by atoms with E-state index in [4.69, 9.17) is 0 Å². The highest BCUT2D eigenvalue weighted by Crippen LogP contribution is 2.20. The molecule has 0 atom stereocenters. The average Bonchev–Trinajstić information content (AvgIpc) is 3.00. The number of rotatable bonds is 5. The maximum absolute atomic E-state index is 12.8. The number of hydrogen-bond acceptors (Lipinski definition) is 4. The summed E-state index contributed by atoms with van der Waals surface area (Å²) in [5, 5.41) is 12.7. The SMILES string of the molecule is Cc1ccc(C)n1S(=O)(=O)c1ccc(C/C(=N/O)c2ccccc2)cc1. The molecule has 0 radical (unpaired) electrons. The van der Waals surface area contributed by atoms with Gasteiger partial charge in [-0.1, -0.05) is 47.6 Å². The Morgan fingerprint density at radius 3 is 2.04 bits per heavy atom. The van der Waals surface area contributed by atoms with Gasteiger partial charge in [-0.2, -0.15) is 0 Å². The van der Waals surface area contributed by atoms with Crippen molar-refractivity contribution in [2.24, 2.45) is 5.16 Å². The van der Waals surface area contributed by atoms with Crippen molar-refractivity contribution in [2.75, 3.05) is 0 Å². The molecule has 0 unspecified atom stereocenters. The van der Waals surface area contributed by atoms with Gasteiger partial charge in [-0.15, -0.1) is 0 Å². The van der Waals surface area contributed by atoms with Crippen LogP contribution in [0, 0.1) is 13.8 Å². The molecule has 134 valence electrons. The van der Waals surface area contributed by atoms with Gasteiger partial charge in [0.2, 0.25) is 0 Å². The molecule has 0 aliphatic rings. The molecule has 1 heterocycles. The van der Waals surface area contributed by atoms with Crippen LogP contribution in [0.25, 0.3) is 0 Å². The van der Waals surface area contributed by atoms with Crippen LogP contribution < -0.4 is 0 Å². The van der Waals surface area contributed by atoms with Gasteiger partial charge in [0, 0.05) is 17.8 Å². The third kappa shape index (κ3) is 3.41. The van der Waals surface area contributed by atoms with Gasteiger partial charge < -0.3 is 5.21 Å². The van der Waals surface area contributed by atoms with E-state index >= 15 is 0 Å². The zero-order chi connectivity index (χ0) is 18.7. The van der Waals surface area contributed by atoms with Gasteiger partial charge >= 0.3 is 0 Å². The van der Waals surface area contributed by atoms with E-state index in [0.29, 0.717) is 23.5 Å². The predicted octanol–water partition coefficient (Wildman–Crippen LogP) is 3.76. The van der Waals surface area contributed by atoms with E-state index in [-0.39, 0.29) is 4.90 Å². The van der Waals surface area contributed by atoms with Crippen molar-refractivity contribution in [3.8, 4) is 0 Å². The number of oxime groups is 1. The zero-order valence-electron chi connectivity index (χ0n) is 14.6. The summed E-state index contributed by atoms with van der Waals surface area (Å²) in [6.45, 7) is 3.53. The van der Waals surface area contributed by atoms with Gasteiger partial charge in [0.1, 0.15) is 0 Å². The summed E-state index contributed by atoms with van der Waals surface area (Å²) in [7, 11) is -3.62. The summed E-state index contributed by atoms with van der Waals surface area (Å²) >= 11 is 0. The van der Waals surface area contributed by atoms with E-state index in [0.717, 1.165) is 11.1 Å². The van der Waals surface area contributed by atoms with Crippen LogP contribution in [0.3, 0.4) is 0 Å². The molecule has 2 aromatic carbocycles. The molecule has 0 spiro atoms. The highest BCUT2D eigenvalue weighted by atomic mass is 32.2. The molecule has 1 aromatic heterocycles. The number of aryl methyl sites for hydroxylation is 2. The Morgan fingerprint density at radius 1 is 0.923 bits per heavy atom. The Kier molecular flexibility index (Phi) is 4.95. The van der Waals surface area contributed by atoms with Gasteiger partial charge in [-0.25, -0.2) is 12.4 Å². The lowest BCUT2D eigenvalue weighted by molar-refractivity contribution is 0.318. The second kappa shape index (κ2) is 7.17. The fourth-order valence-electron chi connectivity index (χ4n) is 2.94. The first-order valence-corrected chi connectivity index (χ1v) is 9.63. The minimum absolute atomic E-state index is 0.228. The van der Waals surface area contributed by atoms with Gasteiger partial charge in [0.25, 0.3) is 10.0 Å². The molecule has 0 aliphatic carbocycles. The van der Waals surface area contributed by atoms with Crippen LogP contribution >= 0.6 is 0 Å². The standard InChI is InChI=1S/C20H20N2O3S/c1-15-8-9-16(2)22(15)26(24,25)19-12-10-17(11-13-19)14-20(21-23)18-6-4-3-5-7-18/h3-13,23H,14H2,1-2H3/b21-20-. The van der Waals surface area contributed by atoms with Crippen LogP contribution in [0.15, 0.2) is 76.8 Å². The summed E-state index contributed by atoms with van der Waals surface area (Å²) in [5.41, 5.74) is 3.56. The predicted molar refractivity (Wildman–Crippen MR) is 101 cm³/mol. The first-order valence-electron chi connectivity index (χ1n) is 8.19. The van der Waals surface area contributed by atoms with Crippen molar-refractivity contribution in [1.29, 1.82) is 0 Å². The lowest BCUT2D eigenvalue weighted by atomic mass is 10.0. The van der Waals surface area contributed by atoms with Gasteiger partial charge in [0.05, 0.1) is 10.6 Å². The molecule has 0 bridgehead atoms. The molecule has 3 rings (SSSR count). The van der Waals surface area contributed by atoms with E-state index in [1.807, 2.05) is 30.3 Å². The Labute approximate surface area is 153 Å². The lowest BCUT2D eigenvalue weighted by Crippen LogP contribution is -2.15. The topological polar surface area (TPSA) is 71.7 Å². The van der Waals surface area contributed by atoms with Crippen LogP contribution in [0.1, 0.15) is 22.5 Å². The summed E-state index contributed by atoms with van der Waals surface area (Å²) in [5.74, 6) is 0. The van der Waals surface area contributed by atoms with Gasteiger partial charge in [-0.3, -0.25) is 0 Å². The first-order chi connectivity index (χ1) is 12.4. The lowest BCUT2D eigenvalue weighted by Gasteiger charge is -2.11. The fraction of sp³-hybridized carbons (Fsp3) is 0.150. The number of aromatic nitrogens is 1. The average molecular weight is 368 g/mol. The Hall–Kier alpha value is -2.86. The molecule has 0 fully saturated rings. The highest BCUT2D eigenvalue weighted by molar-refractivity contribution is 7.90. The molecule has 0 saturated heterocycles.